The standard InChI is InChI=1S/C14H15N5OS/c1-20-10-5-3-4-9(6-10)7-15-12-11-8-16-19-13(11)18-14(17-12)21-2/h3-6,8H,7H2,1-2H3,(H2,15,16,17,18,19). The molecular weight excluding hydrogens is 286 g/mol. The van der Waals surface area contributed by atoms with Crippen LogP contribution < -0.4 is 10.1 Å². The monoisotopic (exact) mass is 301 g/mol. The van der Waals surface area contributed by atoms with E-state index in [0.29, 0.717) is 11.7 Å². The van der Waals surface area contributed by atoms with Crippen molar-refractivity contribution in [2.75, 3.05) is 18.7 Å². The first-order valence-corrected chi connectivity index (χ1v) is 7.64. The summed E-state index contributed by atoms with van der Waals surface area (Å²) in [5, 5.41) is 11.8. The summed E-state index contributed by atoms with van der Waals surface area (Å²) in [6.07, 6.45) is 3.68. The fraction of sp³-hybridized carbons (Fsp3) is 0.214. The van der Waals surface area contributed by atoms with Crippen LogP contribution >= 0.6 is 11.8 Å². The van der Waals surface area contributed by atoms with Crippen molar-refractivity contribution in [2.45, 2.75) is 11.7 Å². The molecule has 3 rings (SSSR count). The van der Waals surface area contributed by atoms with Crippen LogP contribution in [0, 0.1) is 0 Å². The van der Waals surface area contributed by atoms with Gasteiger partial charge in [0.25, 0.3) is 0 Å². The van der Waals surface area contributed by atoms with Gasteiger partial charge in [0.1, 0.15) is 11.6 Å². The van der Waals surface area contributed by atoms with Crippen LogP contribution in [0.15, 0.2) is 35.6 Å². The average Bonchev–Trinajstić information content (AvgIpc) is 3.01. The molecule has 0 unspecified atom stereocenters. The number of anilines is 1. The highest BCUT2D eigenvalue weighted by atomic mass is 32.2. The van der Waals surface area contributed by atoms with Crippen molar-refractivity contribution < 1.29 is 4.74 Å². The summed E-state index contributed by atoms with van der Waals surface area (Å²) < 4.78 is 5.23. The summed E-state index contributed by atoms with van der Waals surface area (Å²) in [4.78, 5) is 8.87. The van der Waals surface area contributed by atoms with E-state index in [1.807, 2.05) is 30.5 Å². The van der Waals surface area contributed by atoms with Gasteiger partial charge in [-0.2, -0.15) is 5.10 Å². The molecule has 108 valence electrons. The highest BCUT2D eigenvalue weighted by Gasteiger charge is 2.09. The van der Waals surface area contributed by atoms with E-state index in [1.54, 1.807) is 13.3 Å². The molecule has 2 aromatic heterocycles. The van der Waals surface area contributed by atoms with E-state index in [0.717, 1.165) is 28.2 Å². The van der Waals surface area contributed by atoms with E-state index < -0.39 is 0 Å². The highest BCUT2D eigenvalue weighted by Crippen LogP contribution is 2.22. The summed E-state index contributed by atoms with van der Waals surface area (Å²) in [7, 11) is 1.66. The number of fused-ring (bicyclic) bond motifs is 1. The molecule has 0 amide bonds. The second kappa shape index (κ2) is 6.01. The number of methoxy groups -OCH3 is 1. The molecule has 0 spiro atoms. The van der Waals surface area contributed by atoms with Gasteiger partial charge >= 0.3 is 0 Å². The number of thioether (sulfide) groups is 1. The minimum Gasteiger partial charge on any atom is -0.497 e. The molecule has 0 bridgehead atoms. The molecule has 2 N–H and O–H groups in total. The van der Waals surface area contributed by atoms with Crippen molar-refractivity contribution in [3.8, 4) is 5.75 Å². The number of H-pyrrole nitrogens is 1. The zero-order valence-electron chi connectivity index (χ0n) is 11.8. The third-order valence-electron chi connectivity index (χ3n) is 3.07. The van der Waals surface area contributed by atoms with Crippen molar-refractivity contribution in [1.29, 1.82) is 0 Å². The quantitative estimate of drug-likeness (QED) is 0.557. The molecule has 0 atom stereocenters. The predicted octanol–water partition coefficient (Wildman–Crippen LogP) is 2.70. The number of benzene rings is 1. The van der Waals surface area contributed by atoms with Gasteiger partial charge in [-0.1, -0.05) is 23.9 Å². The van der Waals surface area contributed by atoms with Crippen LogP contribution in [0.2, 0.25) is 0 Å². The number of nitrogens with one attached hydrogen (secondary N) is 2. The van der Waals surface area contributed by atoms with Gasteiger partial charge in [-0.3, -0.25) is 5.10 Å². The van der Waals surface area contributed by atoms with E-state index in [4.69, 9.17) is 4.74 Å². The molecule has 0 aliphatic rings. The Bertz CT molecular complexity index is 758. The van der Waals surface area contributed by atoms with E-state index in [-0.39, 0.29) is 0 Å². The first-order chi connectivity index (χ1) is 10.3. The lowest BCUT2D eigenvalue weighted by Gasteiger charge is -2.08. The Hall–Kier alpha value is -2.28. The highest BCUT2D eigenvalue weighted by molar-refractivity contribution is 7.98. The van der Waals surface area contributed by atoms with Crippen molar-refractivity contribution in [2.24, 2.45) is 0 Å². The number of aromatic amines is 1. The lowest BCUT2D eigenvalue weighted by atomic mass is 10.2. The Kier molecular flexibility index (Phi) is 3.92. The van der Waals surface area contributed by atoms with Gasteiger partial charge < -0.3 is 10.1 Å². The Balaban J connectivity index is 1.85. The average molecular weight is 301 g/mol. The molecule has 6 nitrogen and oxygen atoms in total. The topological polar surface area (TPSA) is 75.7 Å². The lowest BCUT2D eigenvalue weighted by molar-refractivity contribution is 0.414. The predicted molar refractivity (Wildman–Crippen MR) is 83.8 cm³/mol. The van der Waals surface area contributed by atoms with Gasteiger partial charge in [0, 0.05) is 6.54 Å². The Morgan fingerprint density at radius 2 is 2.24 bits per heavy atom. The minimum atomic E-state index is 0.655. The zero-order chi connectivity index (χ0) is 14.7. The largest absolute Gasteiger partial charge is 0.497 e. The first kappa shape index (κ1) is 13.7. The van der Waals surface area contributed by atoms with Gasteiger partial charge in [0.05, 0.1) is 18.7 Å². The van der Waals surface area contributed by atoms with Crippen molar-refractivity contribution >= 4 is 28.6 Å². The second-order valence-electron chi connectivity index (χ2n) is 4.40. The van der Waals surface area contributed by atoms with Gasteiger partial charge in [-0.25, -0.2) is 9.97 Å². The number of hydrogen-bond acceptors (Lipinski definition) is 6. The van der Waals surface area contributed by atoms with Crippen LogP contribution in [0.4, 0.5) is 5.82 Å². The summed E-state index contributed by atoms with van der Waals surface area (Å²) in [5.41, 5.74) is 1.86. The number of ether oxygens (including phenoxy) is 1. The maximum Gasteiger partial charge on any atom is 0.191 e. The van der Waals surface area contributed by atoms with E-state index in [2.05, 4.69) is 25.5 Å². The Labute approximate surface area is 126 Å². The van der Waals surface area contributed by atoms with Gasteiger partial charge in [0.15, 0.2) is 10.8 Å². The van der Waals surface area contributed by atoms with Crippen LogP contribution in [0.3, 0.4) is 0 Å². The summed E-state index contributed by atoms with van der Waals surface area (Å²) in [5.74, 6) is 1.62. The van der Waals surface area contributed by atoms with Crippen LogP contribution in [0.5, 0.6) is 5.75 Å². The molecular formula is C14H15N5OS. The fourth-order valence-corrected chi connectivity index (χ4v) is 2.37. The molecule has 7 heteroatoms. The first-order valence-electron chi connectivity index (χ1n) is 6.42. The second-order valence-corrected chi connectivity index (χ2v) is 5.17. The van der Waals surface area contributed by atoms with E-state index in [1.165, 1.54) is 11.8 Å². The molecule has 0 fully saturated rings. The molecule has 2 heterocycles. The fourth-order valence-electron chi connectivity index (χ4n) is 2.01. The summed E-state index contributed by atoms with van der Waals surface area (Å²) >= 11 is 1.50. The molecule has 0 radical (unpaired) electrons. The van der Waals surface area contributed by atoms with Crippen molar-refractivity contribution in [3.63, 3.8) is 0 Å². The van der Waals surface area contributed by atoms with Gasteiger partial charge in [-0.15, -0.1) is 0 Å². The van der Waals surface area contributed by atoms with Crippen molar-refractivity contribution in [3.05, 3.63) is 36.0 Å². The van der Waals surface area contributed by atoms with Gasteiger partial charge in [-0.05, 0) is 24.0 Å². The number of hydrogen-bond donors (Lipinski definition) is 2. The summed E-state index contributed by atoms with van der Waals surface area (Å²) in [6.45, 7) is 0.655. The summed E-state index contributed by atoms with van der Waals surface area (Å²) in [6, 6.07) is 7.93. The van der Waals surface area contributed by atoms with Crippen LogP contribution in [-0.4, -0.2) is 33.5 Å². The smallest absolute Gasteiger partial charge is 0.191 e. The normalized spacial score (nSPS) is 10.8. The zero-order valence-corrected chi connectivity index (χ0v) is 12.6. The molecule has 0 saturated carbocycles. The number of nitrogens with zero attached hydrogens (tertiary/aromatic N) is 3. The van der Waals surface area contributed by atoms with Crippen LogP contribution in [0.25, 0.3) is 11.0 Å². The number of aromatic nitrogens is 4. The molecule has 3 aromatic rings. The van der Waals surface area contributed by atoms with E-state index in [9.17, 15) is 0 Å². The lowest BCUT2D eigenvalue weighted by Crippen LogP contribution is -2.03. The third-order valence-corrected chi connectivity index (χ3v) is 3.61. The van der Waals surface area contributed by atoms with Gasteiger partial charge in [0.2, 0.25) is 0 Å². The van der Waals surface area contributed by atoms with Crippen LogP contribution in [0.1, 0.15) is 5.56 Å². The maximum atomic E-state index is 5.23. The molecule has 1 aromatic carbocycles. The Morgan fingerprint density at radius 3 is 3.05 bits per heavy atom. The maximum absolute atomic E-state index is 5.23. The number of rotatable bonds is 5. The molecule has 0 saturated heterocycles. The molecule has 21 heavy (non-hydrogen) atoms. The third kappa shape index (κ3) is 2.92. The molecule has 0 aliphatic carbocycles. The Morgan fingerprint density at radius 1 is 1.33 bits per heavy atom. The van der Waals surface area contributed by atoms with Crippen LogP contribution in [-0.2, 0) is 6.54 Å². The minimum absolute atomic E-state index is 0.655. The van der Waals surface area contributed by atoms with E-state index >= 15 is 0 Å². The molecule has 0 aliphatic heterocycles. The SMILES string of the molecule is COc1cccc(CNc2nc(SC)nc3[nH]ncc23)c1. The van der Waals surface area contributed by atoms with Crippen molar-refractivity contribution in [1.82, 2.24) is 20.2 Å².